The monoisotopic (exact) mass is 548 g/mol. The van der Waals surface area contributed by atoms with Crippen LogP contribution in [0, 0.1) is 18.7 Å². The number of ether oxygens (including phenoxy) is 1. The van der Waals surface area contributed by atoms with E-state index in [4.69, 9.17) is 4.74 Å². The van der Waals surface area contributed by atoms with E-state index in [1.807, 2.05) is 31.2 Å². The lowest BCUT2D eigenvalue weighted by Crippen LogP contribution is -2.47. The molecule has 214 valence electrons. The molecule has 0 bridgehead atoms. The lowest BCUT2D eigenvalue weighted by Gasteiger charge is -2.26. The number of aromatic nitrogens is 1. The molecule has 7 nitrogen and oxygen atoms in total. The predicted octanol–water partition coefficient (Wildman–Crippen LogP) is 5.65. The third-order valence-electron chi connectivity index (χ3n) is 8.29. The van der Waals surface area contributed by atoms with Crippen molar-refractivity contribution < 1.29 is 18.7 Å². The normalized spacial score (nSPS) is 17.4. The summed E-state index contributed by atoms with van der Waals surface area (Å²) in [5.74, 6) is 0.536. The molecular formula is C32H41FN4O3. The van der Waals surface area contributed by atoms with Crippen LogP contribution < -0.4 is 15.4 Å². The molecule has 8 heteroatoms. The van der Waals surface area contributed by atoms with E-state index in [-0.39, 0.29) is 23.7 Å². The van der Waals surface area contributed by atoms with Gasteiger partial charge in [-0.05, 0) is 100.0 Å². The topological polar surface area (TPSA) is 86.5 Å². The van der Waals surface area contributed by atoms with Crippen molar-refractivity contribution in [3.05, 3.63) is 65.1 Å². The van der Waals surface area contributed by atoms with Gasteiger partial charge < -0.3 is 20.4 Å². The highest BCUT2D eigenvalue weighted by Crippen LogP contribution is 2.34. The fraction of sp³-hybridized carbons (Fsp3) is 0.500. The van der Waals surface area contributed by atoms with Gasteiger partial charge in [0.1, 0.15) is 29.9 Å². The Morgan fingerprint density at radius 2 is 1.82 bits per heavy atom. The van der Waals surface area contributed by atoms with Crippen LogP contribution in [0.3, 0.4) is 0 Å². The largest absolute Gasteiger partial charge is 0.492 e. The molecule has 2 amide bonds. The molecule has 5 rings (SSSR count). The molecule has 0 radical (unpaired) electrons. The number of aryl methyl sites for hydroxylation is 1. The highest BCUT2D eigenvalue weighted by Gasteiger charge is 2.28. The number of amides is 2. The summed E-state index contributed by atoms with van der Waals surface area (Å²) in [5, 5.41) is 6.70. The first-order valence-corrected chi connectivity index (χ1v) is 14.7. The van der Waals surface area contributed by atoms with E-state index in [9.17, 15) is 14.0 Å². The summed E-state index contributed by atoms with van der Waals surface area (Å²) in [6.07, 6.45) is 7.70. The predicted molar refractivity (Wildman–Crippen MR) is 155 cm³/mol. The van der Waals surface area contributed by atoms with Gasteiger partial charge in [0.25, 0.3) is 5.91 Å². The quantitative estimate of drug-likeness (QED) is 0.273. The van der Waals surface area contributed by atoms with E-state index < -0.39 is 6.04 Å². The zero-order valence-corrected chi connectivity index (χ0v) is 23.6. The molecule has 3 aromatic rings. The van der Waals surface area contributed by atoms with Crippen molar-refractivity contribution in [3.63, 3.8) is 0 Å². The Morgan fingerprint density at radius 1 is 1.07 bits per heavy atom. The maximum Gasteiger partial charge on any atom is 0.268 e. The van der Waals surface area contributed by atoms with Crippen LogP contribution in [0.1, 0.15) is 79.5 Å². The van der Waals surface area contributed by atoms with Crippen LogP contribution in [0.15, 0.2) is 42.5 Å². The van der Waals surface area contributed by atoms with Gasteiger partial charge in [0.05, 0.1) is 6.04 Å². The number of hydrogen-bond acceptors (Lipinski definition) is 4. The van der Waals surface area contributed by atoms with Gasteiger partial charge >= 0.3 is 0 Å². The third kappa shape index (κ3) is 7.22. The first-order valence-electron chi connectivity index (χ1n) is 14.7. The number of carbonyl (C=O) groups is 2. The van der Waals surface area contributed by atoms with Gasteiger partial charge in [-0.1, -0.05) is 31.4 Å². The molecule has 1 aliphatic carbocycles. The van der Waals surface area contributed by atoms with Crippen LogP contribution in [0.2, 0.25) is 0 Å². The van der Waals surface area contributed by atoms with E-state index in [1.54, 1.807) is 13.0 Å². The average Bonchev–Trinajstić information content (AvgIpc) is 3.74. The van der Waals surface area contributed by atoms with Crippen molar-refractivity contribution in [3.8, 4) is 5.75 Å². The molecule has 1 aliphatic heterocycles. The van der Waals surface area contributed by atoms with Crippen LogP contribution in [0.4, 0.5) is 4.39 Å². The van der Waals surface area contributed by atoms with E-state index in [0.717, 1.165) is 37.4 Å². The molecule has 2 aliphatic rings. The van der Waals surface area contributed by atoms with Crippen LogP contribution in [-0.2, 0) is 4.79 Å². The summed E-state index contributed by atoms with van der Waals surface area (Å²) in [4.78, 5) is 32.2. The van der Waals surface area contributed by atoms with Crippen molar-refractivity contribution in [1.29, 1.82) is 0 Å². The SMILES string of the molecule is Cc1c(C(=O)NC(CCC2CC2)C(=O)NC(C)c2ccc(OCCN3CCCCC3)cc2)[nH]c2ccc(F)cc12. The van der Waals surface area contributed by atoms with Gasteiger partial charge in [-0.2, -0.15) is 0 Å². The highest BCUT2D eigenvalue weighted by molar-refractivity contribution is 6.02. The number of benzene rings is 2. The number of H-pyrrole nitrogens is 1. The lowest BCUT2D eigenvalue weighted by molar-refractivity contribution is -0.123. The van der Waals surface area contributed by atoms with Gasteiger partial charge in [0, 0.05) is 17.4 Å². The summed E-state index contributed by atoms with van der Waals surface area (Å²) >= 11 is 0. The highest BCUT2D eigenvalue weighted by atomic mass is 19.1. The van der Waals surface area contributed by atoms with Crippen molar-refractivity contribution in [1.82, 2.24) is 20.5 Å². The molecule has 1 saturated heterocycles. The minimum absolute atomic E-state index is 0.205. The van der Waals surface area contributed by atoms with Gasteiger partial charge in [-0.15, -0.1) is 0 Å². The minimum atomic E-state index is -0.657. The van der Waals surface area contributed by atoms with E-state index >= 15 is 0 Å². The smallest absolute Gasteiger partial charge is 0.268 e. The van der Waals surface area contributed by atoms with Gasteiger partial charge in [-0.3, -0.25) is 14.5 Å². The molecule has 2 heterocycles. The number of likely N-dealkylation sites (tertiary alicyclic amines) is 1. The number of hydrogen-bond donors (Lipinski definition) is 3. The number of nitrogens with one attached hydrogen (secondary N) is 3. The van der Waals surface area contributed by atoms with Crippen molar-refractivity contribution in [2.75, 3.05) is 26.2 Å². The second-order valence-corrected chi connectivity index (χ2v) is 11.4. The molecule has 40 heavy (non-hydrogen) atoms. The summed E-state index contributed by atoms with van der Waals surface area (Å²) < 4.78 is 19.7. The standard InChI is InChI=1S/C32H41FN4O3/c1-21-27-20-25(33)11-15-28(27)35-30(21)32(39)36-29(14-8-23-6-7-23)31(38)34-22(2)24-9-12-26(13-10-24)40-19-18-37-16-4-3-5-17-37/h9-13,15,20,22-23,29,35H,3-8,14,16-19H2,1-2H3,(H,34,38)(H,36,39). The third-order valence-corrected chi connectivity index (χ3v) is 8.29. The van der Waals surface area contributed by atoms with Crippen molar-refractivity contribution >= 4 is 22.7 Å². The number of nitrogens with zero attached hydrogens (tertiary/aromatic N) is 1. The molecule has 2 aromatic carbocycles. The van der Waals surface area contributed by atoms with E-state index in [2.05, 4.69) is 20.5 Å². The van der Waals surface area contributed by atoms with Gasteiger partial charge in [0.15, 0.2) is 0 Å². The molecule has 1 saturated carbocycles. The summed E-state index contributed by atoms with van der Waals surface area (Å²) in [6.45, 7) is 7.65. The minimum Gasteiger partial charge on any atom is -0.492 e. The number of halogens is 1. The molecule has 3 N–H and O–H groups in total. The molecule has 2 unspecified atom stereocenters. The van der Waals surface area contributed by atoms with E-state index in [0.29, 0.717) is 41.1 Å². The maximum absolute atomic E-state index is 13.8. The number of fused-ring (bicyclic) bond motifs is 1. The Bertz CT molecular complexity index is 1310. The zero-order valence-electron chi connectivity index (χ0n) is 23.6. The van der Waals surface area contributed by atoms with Crippen LogP contribution in [0.5, 0.6) is 5.75 Å². The Kier molecular flexibility index (Phi) is 9.04. The summed E-state index contributed by atoms with van der Waals surface area (Å²) in [6, 6.07) is 11.4. The Labute approximate surface area is 235 Å². The second kappa shape index (κ2) is 12.9. The van der Waals surface area contributed by atoms with Crippen molar-refractivity contribution in [2.45, 2.75) is 70.9 Å². The lowest BCUT2D eigenvalue weighted by atomic mass is 10.0. The Balaban J connectivity index is 1.18. The maximum atomic E-state index is 13.8. The zero-order chi connectivity index (χ0) is 28.1. The summed E-state index contributed by atoms with van der Waals surface area (Å²) in [7, 11) is 0. The molecule has 2 fully saturated rings. The van der Waals surface area contributed by atoms with Crippen LogP contribution in [0.25, 0.3) is 10.9 Å². The van der Waals surface area contributed by atoms with Gasteiger partial charge in [-0.25, -0.2) is 4.39 Å². The molecule has 2 atom stereocenters. The number of piperidine rings is 1. The van der Waals surface area contributed by atoms with Crippen LogP contribution >= 0.6 is 0 Å². The molecule has 0 spiro atoms. The summed E-state index contributed by atoms with van der Waals surface area (Å²) in [5.41, 5.74) is 2.68. The van der Waals surface area contributed by atoms with Crippen molar-refractivity contribution in [2.24, 2.45) is 5.92 Å². The first-order chi connectivity index (χ1) is 19.4. The number of aromatic amines is 1. The molecular weight excluding hydrogens is 507 g/mol. The van der Waals surface area contributed by atoms with Gasteiger partial charge in [0.2, 0.25) is 5.91 Å². The Hall–Kier alpha value is -3.39. The fourth-order valence-electron chi connectivity index (χ4n) is 5.56. The number of rotatable bonds is 12. The van der Waals surface area contributed by atoms with E-state index in [1.165, 1.54) is 44.2 Å². The average molecular weight is 549 g/mol. The fourth-order valence-corrected chi connectivity index (χ4v) is 5.56. The first kappa shape index (κ1) is 28.1. The molecule has 1 aromatic heterocycles. The number of carbonyl (C=O) groups excluding carboxylic acids is 2. The van der Waals surface area contributed by atoms with Crippen LogP contribution in [-0.4, -0.2) is 54.0 Å². The second-order valence-electron chi connectivity index (χ2n) is 11.4. The Morgan fingerprint density at radius 3 is 2.55 bits per heavy atom.